The van der Waals surface area contributed by atoms with E-state index in [0.717, 1.165) is 11.3 Å². The van der Waals surface area contributed by atoms with Gasteiger partial charge in [0.15, 0.2) is 0 Å². The van der Waals surface area contributed by atoms with Crippen LogP contribution in [0.1, 0.15) is 11.6 Å². The van der Waals surface area contributed by atoms with Gasteiger partial charge < -0.3 is 30.7 Å². The molecule has 1 aromatic carbocycles. The van der Waals surface area contributed by atoms with Crippen molar-refractivity contribution < 1.29 is 20.1 Å². The van der Waals surface area contributed by atoms with Crippen LogP contribution in [0.4, 0.5) is 0 Å². The minimum Gasteiger partial charge on any atom is -0.490 e. The first kappa shape index (κ1) is 16.9. The predicted molar refractivity (Wildman–Crippen MR) is 83.8 cm³/mol. The molecule has 0 amide bonds. The molecule has 1 aliphatic heterocycles. The second kappa shape index (κ2) is 8.26. The molecule has 1 aliphatic rings. The van der Waals surface area contributed by atoms with Crippen molar-refractivity contribution in [2.75, 3.05) is 26.3 Å². The lowest BCUT2D eigenvalue weighted by Gasteiger charge is -2.22. The molecule has 0 radical (unpaired) electrons. The van der Waals surface area contributed by atoms with E-state index in [-0.39, 0.29) is 18.7 Å². The van der Waals surface area contributed by atoms with Crippen LogP contribution in [0.2, 0.25) is 0 Å². The SMILES string of the molecule is C=CCOc1ccc([C@H](CO)NC[C@H]2NC[C@H](O)[C@@H]2O)cc1. The highest BCUT2D eigenvalue weighted by atomic mass is 16.5. The summed E-state index contributed by atoms with van der Waals surface area (Å²) in [5, 5.41) is 35.1. The summed E-state index contributed by atoms with van der Waals surface area (Å²) >= 11 is 0. The highest BCUT2D eigenvalue weighted by Gasteiger charge is 2.32. The third kappa shape index (κ3) is 4.28. The van der Waals surface area contributed by atoms with E-state index < -0.39 is 12.2 Å². The van der Waals surface area contributed by atoms with Gasteiger partial charge in [0.2, 0.25) is 0 Å². The van der Waals surface area contributed by atoms with E-state index in [1.807, 2.05) is 24.3 Å². The third-order valence-electron chi connectivity index (χ3n) is 3.81. The normalized spacial score (nSPS) is 25.9. The zero-order chi connectivity index (χ0) is 15.9. The monoisotopic (exact) mass is 308 g/mol. The maximum atomic E-state index is 9.79. The molecule has 0 bridgehead atoms. The molecule has 6 heteroatoms. The number of aliphatic hydroxyl groups is 3. The Morgan fingerprint density at radius 1 is 1.36 bits per heavy atom. The second-order valence-electron chi connectivity index (χ2n) is 5.38. The third-order valence-corrected chi connectivity index (χ3v) is 3.81. The van der Waals surface area contributed by atoms with Gasteiger partial charge in [0.05, 0.1) is 24.9 Å². The molecule has 0 aliphatic carbocycles. The quantitative estimate of drug-likeness (QED) is 0.418. The van der Waals surface area contributed by atoms with Crippen LogP contribution in [0.3, 0.4) is 0 Å². The molecule has 1 aromatic rings. The van der Waals surface area contributed by atoms with Crippen LogP contribution in [-0.2, 0) is 0 Å². The Morgan fingerprint density at radius 2 is 2.09 bits per heavy atom. The number of benzene rings is 1. The topological polar surface area (TPSA) is 94.0 Å². The Bertz CT molecular complexity index is 466. The van der Waals surface area contributed by atoms with Crippen LogP contribution in [0.5, 0.6) is 5.75 Å². The molecule has 22 heavy (non-hydrogen) atoms. The summed E-state index contributed by atoms with van der Waals surface area (Å²) in [6.45, 7) is 4.83. The summed E-state index contributed by atoms with van der Waals surface area (Å²) in [6, 6.07) is 7.00. The smallest absolute Gasteiger partial charge is 0.119 e. The summed E-state index contributed by atoms with van der Waals surface area (Å²) in [5.41, 5.74) is 0.932. The van der Waals surface area contributed by atoms with Gasteiger partial charge in [-0.1, -0.05) is 24.8 Å². The van der Waals surface area contributed by atoms with Gasteiger partial charge in [0.25, 0.3) is 0 Å². The predicted octanol–water partition coefficient (Wildman–Crippen LogP) is -0.432. The molecule has 5 N–H and O–H groups in total. The molecular formula is C16H24N2O4. The van der Waals surface area contributed by atoms with Crippen LogP contribution < -0.4 is 15.4 Å². The first-order valence-electron chi connectivity index (χ1n) is 7.43. The standard InChI is InChI=1S/C16H24N2O4/c1-2-7-22-12-5-3-11(4-6-12)14(10-19)17-8-13-16(21)15(20)9-18-13/h2-6,13-21H,1,7-10H2/t13-,14+,15+,16-/m1/s1. The Hall–Kier alpha value is -1.44. The molecule has 1 fully saturated rings. The fraction of sp³-hybridized carbons (Fsp3) is 0.500. The Kier molecular flexibility index (Phi) is 6.35. The van der Waals surface area contributed by atoms with Crippen molar-refractivity contribution in [1.29, 1.82) is 0 Å². The molecule has 6 nitrogen and oxygen atoms in total. The van der Waals surface area contributed by atoms with Gasteiger partial charge in [0, 0.05) is 19.1 Å². The summed E-state index contributed by atoms with van der Waals surface area (Å²) in [5.74, 6) is 0.747. The van der Waals surface area contributed by atoms with E-state index >= 15 is 0 Å². The number of hydrogen-bond donors (Lipinski definition) is 5. The molecule has 2 rings (SSSR count). The number of β-amino-alcohol motifs (C(OH)–C–C–N with tert-alkyl or cyclic N) is 1. The van der Waals surface area contributed by atoms with Crippen LogP contribution in [0, 0.1) is 0 Å². The molecule has 0 aromatic heterocycles. The van der Waals surface area contributed by atoms with E-state index in [0.29, 0.717) is 19.7 Å². The Balaban J connectivity index is 1.89. The largest absolute Gasteiger partial charge is 0.490 e. The summed E-state index contributed by atoms with van der Waals surface area (Å²) in [6.07, 6.45) is 0.155. The molecule has 0 unspecified atom stereocenters. The number of aliphatic hydroxyl groups excluding tert-OH is 3. The highest BCUT2D eigenvalue weighted by molar-refractivity contribution is 5.29. The Labute approximate surface area is 130 Å². The van der Waals surface area contributed by atoms with E-state index in [2.05, 4.69) is 17.2 Å². The fourth-order valence-corrected chi connectivity index (χ4v) is 2.48. The van der Waals surface area contributed by atoms with E-state index in [9.17, 15) is 15.3 Å². The highest BCUT2D eigenvalue weighted by Crippen LogP contribution is 2.18. The zero-order valence-corrected chi connectivity index (χ0v) is 12.5. The molecule has 0 saturated carbocycles. The van der Waals surface area contributed by atoms with Crippen LogP contribution in [0.25, 0.3) is 0 Å². The molecule has 1 heterocycles. The van der Waals surface area contributed by atoms with Crippen molar-refractivity contribution in [2.24, 2.45) is 0 Å². The lowest BCUT2D eigenvalue weighted by Crippen LogP contribution is -2.43. The lowest BCUT2D eigenvalue weighted by molar-refractivity contribution is 0.0399. The van der Waals surface area contributed by atoms with Gasteiger partial charge in [-0.3, -0.25) is 0 Å². The number of nitrogens with one attached hydrogen (secondary N) is 2. The maximum absolute atomic E-state index is 9.79. The van der Waals surface area contributed by atoms with Gasteiger partial charge >= 0.3 is 0 Å². The van der Waals surface area contributed by atoms with Gasteiger partial charge in [-0.05, 0) is 17.7 Å². The van der Waals surface area contributed by atoms with Crippen LogP contribution in [-0.4, -0.2) is 59.9 Å². The van der Waals surface area contributed by atoms with Crippen molar-refractivity contribution in [1.82, 2.24) is 10.6 Å². The number of hydrogen-bond acceptors (Lipinski definition) is 6. The first-order valence-corrected chi connectivity index (χ1v) is 7.43. The number of ether oxygens (including phenoxy) is 1. The molecule has 0 spiro atoms. The van der Waals surface area contributed by atoms with E-state index in [1.54, 1.807) is 6.08 Å². The summed E-state index contributed by atoms with van der Waals surface area (Å²) < 4.78 is 5.42. The minimum absolute atomic E-state index is 0.0573. The van der Waals surface area contributed by atoms with Crippen molar-refractivity contribution in [3.05, 3.63) is 42.5 Å². The van der Waals surface area contributed by atoms with E-state index in [4.69, 9.17) is 4.74 Å². The summed E-state index contributed by atoms with van der Waals surface area (Å²) in [4.78, 5) is 0. The van der Waals surface area contributed by atoms with Gasteiger partial charge in [-0.2, -0.15) is 0 Å². The second-order valence-corrected chi connectivity index (χ2v) is 5.38. The molecular weight excluding hydrogens is 284 g/mol. The van der Waals surface area contributed by atoms with E-state index in [1.165, 1.54) is 0 Å². The van der Waals surface area contributed by atoms with Crippen molar-refractivity contribution in [3.63, 3.8) is 0 Å². The van der Waals surface area contributed by atoms with Gasteiger partial charge in [0.1, 0.15) is 12.4 Å². The van der Waals surface area contributed by atoms with Crippen molar-refractivity contribution in [2.45, 2.75) is 24.3 Å². The zero-order valence-electron chi connectivity index (χ0n) is 12.5. The number of rotatable bonds is 8. The van der Waals surface area contributed by atoms with Gasteiger partial charge in [-0.15, -0.1) is 0 Å². The summed E-state index contributed by atoms with van der Waals surface area (Å²) in [7, 11) is 0. The first-order chi connectivity index (χ1) is 10.7. The van der Waals surface area contributed by atoms with Crippen molar-refractivity contribution >= 4 is 0 Å². The Morgan fingerprint density at radius 3 is 2.64 bits per heavy atom. The molecule has 4 atom stereocenters. The average molecular weight is 308 g/mol. The molecule has 1 saturated heterocycles. The molecule has 122 valence electrons. The lowest BCUT2D eigenvalue weighted by atomic mass is 10.1. The minimum atomic E-state index is -0.790. The van der Waals surface area contributed by atoms with Gasteiger partial charge in [-0.25, -0.2) is 0 Å². The maximum Gasteiger partial charge on any atom is 0.119 e. The van der Waals surface area contributed by atoms with Crippen LogP contribution >= 0.6 is 0 Å². The fourth-order valence-electron chi connectivity index (χ4n) is 2.48. The van der Waals surface area contributed by atoms with Crippen LogP contribution in [0.15, 0.2) is 36.9 Å². The average Bonchev–Trinajstić information content (AvgIpc) is 2.86. The van der Waals surface area contributed by atoms with Crippen molar-refractivity contribution in [3.8, 4) is 5.75 Å².